The van der Waals surface area contributed by atoms with Crippen molar-refractivity contribution in [3.05, 3.63) is 16.6 Å². The molecule has 0 aromatic heterocycles. The second-order valence-electron chi connectivity index (χ2n) is 4.29. The van der Waals surface area contributed by atoms with Gasteiger partial charge in [-0.2, -0.15) is 0 Å². The summed E-state index contributed by atoms with van der Waals surface area (Å²) in [6.45, 7) is 6.39. The molecule has 13 heavy (non-hydrogen) atoms. The molecule has 2 nitrogen and oxygen atoms in total. The van der Waals surface area contributed by atoms with Gasteiger partial charge in [-0.05, 0) is 46.0 Å². The standard InChI is InChI=1S/C10H17NOS/c1-8-4-6-9(7-5-8)10(2,3)13-11-12/h4,9H,5-7H2,1-3H3/t9-/m0/s1. The maximum absolute atomic E-state index is 10.2. The van der Waals surface area contributed by atoms with Crippen LogP contribution in [0.25, 0.3) is 0 Å². The molecule has 0 N–H and O–H groups in total. The van der Waals surface area contributed by atoms with E-state index in [1.165, 1.54) is 30.4 Å². The van der Waals surface area contributed by atoms with E-state index >= 15 is 0 Å². The summed E-state index contributed by atoms with van der Waals surface area (Å²) in [5, 5.41) is 0. The fourth-order valence-electron chi connectivity index (χ4n) is 1.77. The quantitative estimate of drug-likeness (QED) is 0.391. The largest absolute Gasteiger partial charge is 0.137 e. The molecule has 0 aromatic rings. The Morgan fingerprint density at radius 2 is 2.31 bits per heavy atom. The van der Waals surface area contributed by atoms with Crippen molar-refractivity contribution in [2.24, 2.45) is 10.5 Å². The van der Waals surface area contributed by atoms with E-state index in [-0.39, 0.29) is 4.75 Å². The maximum atomic E-state index is 10.2. The third-order valence-electron chi connectivity index (χ3n) is 2.89. The van der Waals surface area contributed by atoms with Gasteiger partial charge in [-0.1, -0.05) is 11.6 Å². The SMILES string of the molecule is CC1=CC[C@H](C(C)(C)SN=O)CC1. The highest BCUT2D eigenvalue weighted by Crippen LogP contribution is 2.40. The monoisotopic (exact) mass is 199 g/mol. The molecule has 1 atom stereocenters. The van der Waals surface area contributed by atoms with Crippen LogP contribution in [0.5, 0.6) is 0 Å². The van der Waals surface area contributed by atoms with Crippen LogP contribution in [-0.4, -0.2) is 4.75 Å². The van der Waals surface area contributed by atoms with Gasteiger partial charge in [0.05, 0.1) is 0 Å². The van der Waals surface area contributed by atoms with Gasteiger partial charge in [0.15, 0.2) is 0 Å². The van der Waals surface area contributed by atoms with E-state index in [2.05, 4.69) is 31.4 Å². The van der Waals surface area contributed by atoms with Gasteiger partial charge in [0, 0.05) is 21.3 Å². The number of hydrogen-bond donors (Lipinski definition) is 0. The van der Waals surface area contributed by atoms with Crippen molar-refractivity contribution in [1.82, 2.24) is 0 Å². The van der Waals surface area contributed by atoms with Crippen molar-refractivity contribution in [2.45, 2.75) is 44.8 Å². The van der Waals surface area contributed by atoms with Gasteiger partial charge < -0.3 is 0 Å². The van der Waals surface area contributed by atoms with Gasteiger partial charge in [0.25, 0.3) is 0 Å². The molecule has 0 fully saturated rings. The van der Waals surface area contributed by atoms with E-state index in [0.29, 0.717) is 5.92 Å². The topological polar surface area (TPSA) is 29.4 Å². The molecule has 1 aliphatic rings. The molecular weight excluding hydrogens is 182 g/mol. The van der Waals surface area contributed by atoms with Crippen molar-refractivity contribution in [3.8, 4) is 0 Å². The Kier molecular flexibility index (Phi) is 3.54. The Hall–Kier alpha value is -0.310. The predicted octanol–water partition coefficient (Wildman–Crippen LogP) is 3.93. The summed E-state index contributed by atoms with van der Waals surface area (Å²) in [6.07, 6.45) is 5.76. The molecule has 0 heterocycles. The van der Waals surface area contributed by atoms with E-state index < -0.39 is 0 Å². The lowest BCUT2D eigenvalue weighted by atomic mass is 9.82. The lowest BCUT2D eigenvalue weighted by Gasteiger charge is -2.32. The summed E-state index contributed by atoms with van der Waals surface area (Å²) in [4.78, 5) is 10.2. The molecular formula is C10H17NOS. The smallest absolute Gasteiger partial charge is 0.0387 e. The number of nitroso groups, excluding NO2 is 1. The Balaban J connectivity index is 2.58. The molecule has 0 unspecified atom stereocenters. The summed E-state index contributed by atoms with van der Waals surface area (Å²) in [6, 6.07) is 0. The second-order valence-corrected chi connectivity index (χ2v) is 5.67. The molecule has 1 rings (SSSR count). The average molecular weight is 199 g/mol. The van der Waals surface area contributed by atoms with Crippen LogP contribution < -0.4 is 0 Å². The number of nitrogens with zero attached hydrogens (tertiary/aromatic N) is 1. The molecule has 0 radical (unpaired) electrons. The number of allylic oxidation sites excluding steroid dienone is 2. The first-order valence-corrected chi connectivity index (χ1v) is 5.50. The number of rotatable bonds is 3. The average Bonchev–Trinajstić information content (AvgIpc) is 2.05. The molecule has 0 saturated heterocycles. The second kappa shape index (κ2) is 4.27. The van der Waals surface area contributed by atoms with Crippen LogP contribution in [0.3, 0.4) is 0 Å². The van der Waals surface area contributed by atoms with Crippen molar-refractivity contribution < 1.29 is 0 Å². The van der Waals surface area contributed by atoms with Crippen molar-refractivity contribution >= 4 is 11.9 Å². The highest BCUT2D eigenvalue weighted by atomic mass is 32.2. The Labute approximate surface area is 84.3 Å². The zero-order chi connectivity index (χ0) is 9.90. The highest BCUT2D eigenvalue weighted by Gasteiger charge is 2.31. The predicted molar refractivity (Wildman–Crippen MR) is 58.6 cm³/mol. The third kappa shape index (κ3) is 2.83. The van der Waals surface area contributed by atoms with Crippen LogP contribution in [0.2, 0.25) is 0 Å². The van der Waals surface area contributed by atoms with Gasteiger partial charge in [-0.3, -0.25) is 0 Å². The van der Waals surface area contributed by atoms with Crippen molar-refractivity contribution in [1.29, 1.82) is 0 Å². The maximum Gasteiger partial charge on any atom is 0.0387 e. The first-order valence-electron chi connectivity index (χ1n) is 4.72. The minimum absolute atomic E-state index is 0.00104. The molecule has 0 spiro atoms. The van der Waals surface area contributed by atoms with Gasteiger partial charge in [-0.25, -0.2) is 0 Å². The zero-order valence-electron chi connectivity index (χ0n) is 8.54. The molecule has 74 valence electrons. The van der Waals surface area contributed by atoms with Crippen molar-refractivity contribution in [2.75, 3.05) is 0 Å². The number of hydrogen-bond acceptors (Lipinski definition) is 3. The normalized spacial score (nSPS) is 23.9. The minimum Gasteiger partial charge on any atom is -0.137 e. The third-order valence-corrected chi connectivity index (χ3v) is 3.77. The Morgan fingerprint density at radius 3 is 2.77 bits per heavy atom. The lowest BCUT2D eigenvalue weighted by Crippen LogP contribution is -2.28. The van der Waals surface area contributed by atoms with Gasteiger partial charge in [-0.15, -0.1) is 4.91 Å². The zero-order valence-corrected chi connectivity index (χ0v) is 9.36. The van der Waals surface area contributed by atoms with Crippen LogP contribution in [0.4, 0.5) is 0 Å². The fourth-order valence-corrected chi connectivity index (χ4v) is 2.32. The molecule has 1 aliphatic carbocycles. The van der Waals surface area contributed by atoms with Crippen LogP contribution in [0, 0.1) is 10.8 Å². The van der Waals surface area contributed by atoms with Crippen LogP contribution in [-0.2, 0) is 0 Å². The molecule has 3 heteroatoms. The van der Waals surface area contributed by atoms with Gasteiger partial charge >= 0.3 is 0 Å². The van der Waals surface area contributed by atoms with E-state index in [0.717, 1.165) is 6.42 Å². The summed E-state index contributed by atoms with van der Waals surface area (Å²) in [5.41, 5.74) is 1.48. The fraction of sp³-hybridized carbons (Fsp3) is 0.800. The molecule has 0 saturated carbocycles. The van der Waals surface area contributed by atoms with Gasteiger partial charge in [0.2, 0.25) is 0 Å². The summed E-state index contributed by atoms with van der Waals surface area (Å²) in [7, 11) is 0. The van der Waals surface area contributed by atoms with Crippen LogP contribution in [0.15, 0.2) is 16.2 Å². The first-order chi connectivity index (χ1) is 6.06. The summed E-state index contributed by atoms with van der Waals surface area (Å²) in [5.74, 6) is 0.596. The highest BCUT2D eigenvalue weighted by molar-refractivity contribution is 7.99. The van der Waals surface area contributed by atoms with Crippen LogP contribution in [0.1, 0.15) is 40.0 Å². The van der Waals surface area contributed by atoms with Crippen molar-refractivity contribution in [3.63, 3.8) is 0 Å². The Morgan fingerprint density at radius 1 is 1.62 bits per heavy atom. The molecule has 0 aliphatic heterocycles. The van der Waals surface area contributed by atoms with Gasteiger partial charge in [0.1, 0.15) is 0 Å². The summed E-state index contributed by atoms with van der Waals surface area (Å²) < 4.78 is 2.95. The van der Waals surface area contributed by atoms with E-state index in [1.807, 2.05) is 0 Å². The summed E-state index contributed by atoms with van der Waals surface area (Å²) >= 11 is 1.18. The van der Waals surface area contributed by atoms with E-state index in [9.17, 15) is 4.91 Å². The molecule has 0 amide bonds. The Bertz CT molecular complexity index is 223. The minimum atomic E-state index is -0.00104. The first kappa shape index (κ1) is 10.8. The molecule has 0 aromatic carbocycles. The lowest BCUT2D eigenvalue weighted by molar-refractivity contribution is 0.384. The van der Waals surface area contributed by atoms with Crippen LogP contribution >= 0.6 is 11.9 Å². The van der Waals surface area contributed by atoms with E-state index in [4.69, 9.17) is 0 Å². The molecule has 0 bridgehead atoms. The van der Waals surface area contributed by atoms with E-state index in [1.54, 1.807) is 0 Å².